The van der Waals surface area contributed by atoms with Crippen LogP contribution in [0.25, 0.3) is 0 Å². The van der Waals surface area contributed by atoms with E-state index in [0.29, 0.717) is 12.8 Å². The quantitative estimate of drug-likeness (QED) is 0.611. The lowest BCUT2D eigenvalue weighted by molar-refractivity contribution is -0.118. The molecule has 1 unspecified atom stereocenters. The van der Waals surface area contributed by atoms with Gasteiger partial charge in [0.1, 0.15) is 0 Å². The molecule has 112 valence electrons. The largest absolute Gasteiger partial charge is 0.370 e. The Balaban J connectivity index is 2.53. The molecule has 0 aliphatic heterocycles. The standard InChI is InChI=1S/C13H21N3O3S/c1-10(14)11-5-7-12(8-6-11)20(18,19)16-9-3-2-4-13(15)17/h5-8,10,16H,2-4,9,14H2,1H3,(H2,15,17). The molecule has 0 spiro atoms. The lowest BCUT2D eigenvalue weighted by Gasteiger charge is -2.09. The zero-order valence-electron chi connectivity index (χ0n) is 11.5. The zero-order chi connectivity index (χ0) is 15.2. The van der Waals surface area contributed by atoms with Gasteiger partial charge >= 0.3 is 0 Å². The van der Waals surface area contributed by atoms with E-state index in [9.17, 15) is 13.2 Å². The summed E-state index contributed by atoms with van der Waals surface area (Å²) < 4.78 is 26.4. The van der Waals surface area contributed by atoms with E-state index in [-0.39, 0.29) is 29.8 Å². The molecular formula is C13H21N3O3S. The molecule has 7 heteroatoms. The van der Waals surface area contributed by atoms with Crippen LogP contribution in [0.2, 0.25) is 0 Å². The molecule has 1 aromatic carbocycles. The van der Waals surface area contributed by atoms with E-state index in [1.165, 1.54) is 12.1 Å². The third-order valence-electron chi connectivity index (χ3n) is 2.86. The molecule has 0 aromatic heterocycles. The summed E-state index contributed by atoms with van der Waals surface area (Å²) in [7, 11) is -3.51. The molecule has 1 amide bonds. The van der Waals surface area contributed by atoms with Gasteiger partial charge in [-0.1, -0.05) is 12.1 Å². The van der Waals surface area contributed by atoms with Gasteiger partial charge in [-0.25, -0.2) is 13.1 Å². The zero-order valence-corrected chi connectivity index (χ0v) is 12.3. The first-order chi connectivity index (χ1) is 9.33. The van der Waals surface area contributed by atoms with E-state index in [2.05, 4.69) is 4.72 Å². The number of primary amides is 1. The molecule has 0 aliphatic carbocycles. The minimum Gasteiger partial charge on any atom is -0.370 e. The van der Waals surface area contributed by atoms with Crippen molar-refractivity contribution in [3.63, 3.8) is 0 Å². The van der Waals surface area contributed by atoms with Crippen LogP contribution in [0, 0.1) is 0 Å². The monoisotopic (exact) mass is 299 g/mol. The molecular weight excluding hydrogens is 278 g/mol. The summed E-state index contributed by atoms with van der Waals surface area (Å²) in [4.78, 5) is 10.7. The lowest BCUT2D eigenvalue weighted by atomic mass is 10.1. The van der Waals surface area contributed by atoms with Crippen molar-refractivity contribution in [3.8, 4) is 0 Å². The Hall–Kier alpha value is -1.44. The van der Waals surface area contributed by atoms with Crippen molar-refractivity contribution in [1.29, 1.82) is 0 Å². The van der Waals surface area contributed by atoms with Gasteiger partial charge in [-0.05, 0) is 37.5 Å². The average Bonchev–Trinajstić information content (AvgIpc) is 2.38. The molecule has 0 radical (unpaired) electrons. The van der Waals surface area contributed by atoms with Gasteiger partial charge in [-0.3, -0.25) is 4.79 Å². The average molecular weight is 299 g/mol. The summed E-state index contributed by atoms with van der Waals surface area (Å²) in [5.74, 6) is -0.376. The highest BCUT2D eigenvalue weighted by molar-refractivity contribution is 7.89. The number of hydrogen-bond acceptors (Lipinski definition) is 4. The second kappa shape index (κ2) is 7.37. The fraction of sp³-hybridized carbons (Fsp3) is 0.462. The molecule has 6 nitrogen and oxygen atoms in total. The number of carbonyl (C=O) groups is 1. The van der Waals surface area contributed by atoms with Crippen LogP contribution in [0.1, 0.15) is 37.8 Å². The van der Waals surface area contributed by atoms with Crippen LogP contribution in [-0.4, -0.2) is 20.9 Å². The number of sulfonamides is 1. The first-order valence-electron chi connectivity index (χ1n) is 6.46. The number of benzene rings is 1. The van der Waals surface area contributed by atoms with E-state index in [1.54, 1.807) is 12.1 Å². The van der Waals surface area contributed by atoms with E-state index < -0.39 is 10.0 Å². The topological polar surface area (TPSA) is 115 Å². The van der Waals surface area contributed by atoms with Gasteiger partial charge in [0.25, 0.3) is 0 Å². The summed E-state index contributed by atoms with van der Waals surface area (Å²) >= 11 is 0. The SMILES string of the molecule is CC(N)c1ccc(S(=O)(=O)NCCCCC(N)=O)cc1. The summed E-state index contributed by atoms with van der Waals surface area (Å²) in [6, 6.07) is 6.33. The predicted octanol–water partition coefficient (Wildman–Crippen LogP) is 0.640. The van der Waals surface area contributed by atoms with Crippen molar-refractivity contribution in [2.75, 3.05) is 6.54 Å². The molecule has 1 aromatic rings. The van der Waals surface area contributed by atoms with Crippen molar-refractivity contribution in [1.82, 2.24) is 4.72 Å². The summed E-state index contributed by atoms with van der Waals surface area (Å²) in [6.45, 7) is 2.12. The maximum Gasteiger partial charge on any atom is 0.240 e. The van der Waals surface area contributed by atoms with Gasteiger partial charge in [0, 0.05) is 19.0 Å². The summed E-state index contributed by atoms with van der Waals surface area (Å²) in [5.41, 5.74) is 11.6. The van der Waals surface area contributed by atoms with Gasteiger partial charge < -0.3 is 11.5 Å². The molecule has 0 saturated heterocycles. The van der Waals surface area contributed by atoms with Gasteiger partial charge in [0.15, 0.2) is 0 Å². The molecule has 0 heterocycles. The fourth-order valence-corrected chi connectivity index (χ4v) is 2.74. The van der Waals surface area contributed by atoms with Crippen molar-refractivity contribution >= 4 is 15.9 Å². The number of nitrogens with two attached hydrogens (primary N) is 2. The van der Waals surface area contributed by atoms with Crippen molar-refractivity contribution in [2.45, 2.75) is 37.1 Å². The lowest BCUT2D eigenvalue weighted by Crippen LogP contribution is -2.25. The van der Waals surface area contributed by atoms with Gasteiger partial charge in [0.2, 0.25) is 15.9 Å². The number of unbranched alkanes of at least 4 members (excludes halogenated alkanes) is 1. The van der Waals surface area contributed by atoms with Gasteiger partial charge in [-0.15, -0.1) is 0 Å². The number of rotatable bonds is 8. The second-order valence-corrected chi connectivity index (χ2v) is 6.45. The Morgan fingerprint density at radius 1 is 1.25 bits per heavy atom. The maximum absolute atomic E-state index is 12.0. The Labute approximate surface area is 119 Å². The first-order valence-corrected chi connectivity index (χ1v) is 7.95. The highest BCUT2D eigenvalue weighted by Gasteiger charge is 2.13. The number of carbonyl (C=O) groups excluding carboxylic acids is 1. The molecule has 5 N–H and O–H groups in total. The Kier molecular flexibility index (Phi) is 6.12. The molecule has 20 heavy (non-hydrogen) atoms. The summed E-state index contributed by atoms with van der Waals surface area (Å²) in [6.07, 6.45) is 1.41. The number of nitrogens with one attached hydrogen (secondary N) is 1. The van der Waals surface area contributed by atoms with E-state index in [1.807, 2.05) is 6.92 Å². The number of hydrogen-bond donors (Lipinski definition) is 3. The smallest absolute Gasteiger partial charge is 0.240 e. The second-order valence-electron chi connectivity index (χ2n) is 4.68. The normalized spacial score (nSPS) is 13.1. The highest BCUT2D eigenvalue weighted by Crippen LogP contribution is 2.14. The van der Waals surface area contributed by atoms with Crippen LogP contribution in [0.5, 0.6) is 0 Å². The van der Waals surface area contributed by atoms with Crippen LogP contribution in [-0.2, 0) is 14.8 Å². The Morgan fingerprint density at radius 3 is 2.35 bits per heavy atom. The van der Waals surface area contributed by atoms with Gasteiger partial charge in [0.05, 0.1) is 4.90 Å². The van der Waals surface area contributed by atoms with E-state index >= 15 is 0 Å². The van der Waals surface area contributed by atoms with Crippen LogP contribution in [0.3, 0.4) is 0 Å². The van der Waals surface area contributed by atoms with Gasteiger partial charge in [-0.2, -0.15) is 0 Å². The predicted molar refractivity (Wildman–Crippen MR) is 77.3 cm³/mol. The summed E-state index contributed by atoms with van der Waals surface area (Å²) in [5, 5.41) is 0. The molecule has 0 bridgehead atoms. The third kappa shape index (κ3) is 5.28. The van der Waals surface area contributed by atoms with Crippen LogP contribution in [0.15, 0.2) is 29.2 Å². The van der Waals surface area contributed by atoms with Crippen molar-refractivity contribution < 1.29 is 13.2 Å². The van der Waals surface area contributed by atoms with Crippen molar-refractivity contribution in [2.24, 2.45) is 11.5 Å². The van der Waals surface area contributed by atoms with E-state index in [4.69, 9.17) is 11.5 Å². The fourth-order valence-electron chi connectivity index (χ4n) is 1.66. The molecule has 0 fully saturated rings. The van der Waals surface area contributed by atoms with Crippen LogP contribution >= 0.6 is 0 Å². The molecule has 1 atom stereocenters. The molecule has 1 rings (SSSR count). The maximum atomic E-state index is 12.0. The number of amides is 1. The van der Waals surface area contributed by atoms with E-state index in [0.717, 1.165) is 5.56 Å². The van der Waals surface area contributed by atoms with Crippen molar-refractivity contribution in [3.05, 3.63) is 29.8 Å². The van der Waals surface area contributed by atoms with Crippen LogP contribution in [0.4, 0.5) is 0 Å². The molecule has 0 aliphatic rings. The Bertz CT molecular complexity index is 538. The third-order valence-corrected chi connectivity index (χ3v) is 4.34. The highest BCUT2D eigenvalue weighted by atomic mass is 32.2. The van der Waals surface area contributed by atoms with Crippen LogP contribution < -0.4 is 16.2 Å². The molecule has 0 saturated carbocycles. The Morgan fingerprint density at radius 2 is 1.85 bits per heavy atom. The minimum atomic E-state index is -3.51. The first kappa shape index (κ1) is 16.6. The minimum absolute atomic E-state index is 0.131.